The molecule has 0 fully saturated rings. The van der Waals surface area contributed by atoms with Crippen LogP contribution in [0.3, 0.4) is 0 Å². The van der Waals surface area contributed by atoms with Crippen molar-refractivity contribution in [1.29, 1.82) is 0 Å². The first-order valence-corrected chi connectivity index (χ1v) is 11.7. The van der Waals surface area contributed by atoms with Crippen LogP contribution in [0.1, 0.15) is 18.9 Å². The Hall–Kier alpha value is -3.10. The molecule has 0 aliphatic carbocycles. The Morgan fingerprint density at radius 3 is 2.34 bits per heavy atom. The number of nitrogens with one attached hydrogen (secondary N) is 2. The quantitative estimate of drug-likeness (QED) is 0.457. The number of hydrogen-bond donors (Lipinski definition) is 2. The van der Waals surface area contributed by atoms with E-state index >= 15 is 0 Å². The number of carbonyl (C=O) groups is 1. The molecular weight excluding hydrogens is 455 g/mol. The Labute approximate surface area is 191 Å². The number of amides is 1. The van der Waals surface area contributed by atoms with Crippen LogP contribution in [0, 0.1) is 12.7 Å². The standard InChI is InChI=1S/C23H22ClFN2O4S/c1-3-22(31-18-11-7-16(25)8-12-18)23(28)26-17-9-13-19(14-10-17)32(29,30)27-21-6-4-5-20(24)15(21)2/h4-14,22,27H,3H2,1-2H3,(H,26,28)/t22-/m1/s1. The first kappa shape index (κ1) is 23.6. The lowest BCUT2D eigenvalue weighted by molar-refractivity contribution is -0.122. The van der Waals surface area contributed by atoms with Crippen molar-refractivity contribution in [3.63, 3.8) is 0 Å². The van der Waals surface area contributed by atoms with Gasteiger partial charge in [-0.2, -0.15) is 0 Å². The van der Waals surface area contributed by atoms with Crippen LogP contribution in [-0.2, 0) is 14.8 Å². The highest BCUT2D eigenvalue weighted by atomic mass is 35.5. The normalized spacial score (nSPS) is 12.1. The van der Waals surface area contributed by atoms with E-state index in [1.807, 2.05) is 0 Å². The highest BCUT2D eigenvalue weighted by Crippen LogP contribution is 2.26. The number of carbonyl (C=O) groups excluding carboxylic acids is 1. The number of ether oxygens (including phenoxy) is 1. The van der Waals surface area contributed by atoms with Crippen molar-refractivity contribution in [1.82, 2.24) is 0 Å². The van der Waals surface area contributed by atoms with Crippen molar-refractivity contribution in [2.45, 2.75) is 31.3 Å². The maximum atomic E-state index is 13.0. The second-order valence-electron chi connectivity index (χ2n) is 7.00. The molecule has 3 aromatic carbocycles. The Morgan fingerprint density at radius 1 is 1.06 bits per heavy atom. The van der Waals surface area contributed by atoms with E-state index in [1.165, 1.54) is 48.5 Å². The van der Waals surface area contributed by atoms with Gasteiger partial charge >= 0.3 is 0 Å². The van der Waals surface area contributed by atoms with Crippen molar-refractivity contribution in [3.8, 4) is 5.75 Å². The lowest BCUT2D eigenvalue weighted by Gasteiger charge is -2.17. The summed E-state index contributed by atoms with van der Waals surface area (Å²) in [4.78, 5) is 12.6. The summed E-state index contributed by atoms with van der Waals surface area (Å²) >= 11 is 6.05. The van der Waals surface area contributed by atoms with E-state index in [-0.39, 0.29) is 4.90 Å². The van der Waals surface area contributed by atoms with Crippen molar-refractivity contribution >= 4 is 38.9 Å². The van der Waals surface area contributed by atoms with E-state index in [0.717, 1.165) is 0 Å². The van der Waals surface area contributed by atoms with Gasteiger partial charge in [-0.3, -0.25) is 9.52 Å². The Kier molecular flexibility index (Phi) is 7.37. The van der Waals surface area contributed by atoms with Gasteiger partial charge < -0.3 is 10.1 Å². The minimum atomic E-state index is -3.84. The molecule has 3 aromatic rings. The third-order valence-corrected chi connectivity index (χ3v) is 6.49. The molecule has 1 amide bonds. The van der Waals surface area contributed by atoms with Gasteiger partial charge in [0.25, 0.3) is 15.9 Å². The van der Waals surface area contributed by atoms with E-state index in [1.54, 1.807) is 32.0 Å². The van der Waals surface area contributed by atoms with Crippen LogP contribution in [0.5, 0.6) is 5.75 Å². The second-order valence-corrected chi connectivity index (χ2v) is 9.09. The van der Waals surface area contributed by atoms with Gasteiger partial charge in [0.1, 0.15) is 11.6 Å². The summed E-state index contributed by atoms with van der Waals surface area (Å²) in [6.45, 7) is 3.50. The van der Waals surface area contributed by atoms with E-state index in [4.69, 9.17) is 16.3 Å². The average Bonchev–Trinajstić information content (AvgIpc) is 2.76. The maximum absolute atomic E-state index is 13.0. The van der Waals surface area contributed by atoms with Gasteiger partial charge in [0.2, 0.25) is 0 Å². The Morgan fingerprint density at radius 2 is 1.72 bits per heavy atom. The van der Waals surface area contributed by atoms with Crippen LogP contribution < -0.4 is 14.8 Å². The van der Waals surface area contributed by atoms with E-state index in [0.29, 0.717) is 34.1 Å². The van der Waals surface area contributed by atoms with Crippen molar-refractivity contribution < 1.29 is 22.3 Å². The lowest BCUT2D eigenvalue weighted by Crippen LogP contribution is -2.32. The molecule has 0 unspecified atom stereocenters. The maximum Gasteiger partial charge on any atom is 0.265 e. The minimum Gasteiger partial charge on any atom is -0.481 e. The molecule has 0 saturated carbocycles. The molecular formula is C23H22ClFN2O4S. The minimum absolute atomic E-state index is 0.0319. The summed E-state index contributed by atoms with van der Waals surface area (Å²) < 4.78 is 46.6. The lowest BCUT2D eigenvalue weighted by atomic mass is 10.2. The third kappa shape index (κ3) is 5.77. The number of benzene rings is 3. The van der Waals surface area contributed by atoms with Crippen molar-refractivity contribution in [3.05, 3.63) is 83.1 Å². The predicted molar refractivity (Wildman–Crippen MR) is 123 cm³/mol. The highest BCUT2D eigenvalue weighted by Gasteiger charge is 2.20. The zero-order valence-corrected chi connectivity index (χ0v) is 19.0. The second kappa shape index (κ2) is 10.0. The summed E-state index contributed by atoms with van der Waals surface area (Å²) in [5.41, 5.74) is 1.42. The molecule has 0 spiro atoms. The van der Waals surface area contributed by atoms with Crippen LogP contribution >= 0.6 is 11.6 Å². The number of anilines is 2. The van der Waals surface area contributed by atoms with E-state index < -0.39 is 27.9 Å². The highest BCUT2D eigenvalue weighted by molar-refractivity contribution is 7.92. The number of hydrogen-bond acceptors (Lipinski definition) is 4. The Bertz CT molecular complexity index is 1200. The van der Waals surface area contributed by atoms with Crippen molar-refractivity contribution in [2.24, 2.45) is 0 Å². The van der Waals surface area contributed by atoms with Crippen LogP contribution in [0.2, 0.25) is 5.02 Å². The average molecular weight is 477 g/mol. The number of sulfonamides is 1. The summed E-state index contributed by atoms with van der Waals surface area (Å²) in [6.07, 6.45) is -0.408. The molecule has 2 N–H and O–H groups in total. The van der Waals surface area contributed by atoms with Gasteiger partial charge in [0.15, 0.2) is 6.10 Å². The van der Waals surface area contributed by atoms with Crippen LogP contribution in [0.25, 0.3) is 0 Å². The molecule has 9 heteroatoms. The molecule has 1 atom stereocenters. The van der Waals surface area contributed by atoms with Gasteiger partial charge in [-0.25, -0.2) is 12.8 Å². The molecule has 3 rings (SSSR count). The number of halogens is 2. The molecule has 0 radical (unpaired) electrons. The topological polar surface area (TPSA) is 84.5 Å². The van der Waals surface area contributed by atoms with Gasteiger partial charge in [-0.1, -0.05) is 24.6 Å². The van der Waals surface area contributed by atoms with Crippen LogP contribution in [-0.4, -0.2) is 20.4 Å². The fourth-order valence-electron chi connectivity index (χ4n) is 2.86. The summed E-state index contributed by atoms with van der Waals surface area (Å²) in [7, 11) is -3.84. The molecule has 32 heavy (non-hydrogen) atoms. The van der Waals surface area contributed by atoms with Gasteiger partial charge in [0, 0.05) is 10.7 Å². The van der Waals surface area contributed by atoms with Crippen molar-refractivity contribution in [2.75, 3.05) is 10.0 Å². The molecule has 0 heterocycles. The third-order valence-electron chi connectivity index (χ3n) is 4.70. The fraction of sp³-hybridized carbons (Fsp3) is 0.174. The zero-order valence-electron chi connectivity index (χ0n) is 17.4. The Balaban J connectivity index is 1.68. The molecule has 0 aliphatic rings. The van der Waals surface area contributed by atoms with Gasteiger partial charge in [-0.05, 0) is 79.6 Å². The summed E-state index contributed by atoms with van der Waals surface area (Å²) in [5.74, 6) is -0.428. The molecule has 6 nitrogen and oxygen atoms in total. The molecule has 0 aromatic heterocycles. The van der Waals surface area contributed by atoms with Crippen LogP contribution in [0.15, 0.2) is 71.6 Å². The molecule has 0 aliphatic heterocycles. The number of rotatable bonds is 8. The molecule has 0 saturated heterocycles. The molecule has 0 bridgehead atoms. The molecule has 168 valence electrons. The largest absolute Gasteiger partial charge is 0.481 e. The smallest absolute Gasteiger partial charge is 0.265 e. The zero-order chi connectivity index (χ0) is 23.3. The van der Waals surface area contributed by atoms with Gasteiger partial charge in [-0.15, -0.1) is 0 Å². The first-order valence-electron chi connectivity index (χ1n) is 9.80. The van der Waals surface area contributed by atoms with E-state index in [9.17, 15) is 17.6 Å². The SMILES string of the molecule is CC[C@@H](Oc1ccc(F)cc1)C(=O)Nc1ccc(S(=O)(=O)Nc2cccc(Cl)c2C)cc1. The first-order chi connectivity index (χ1) is 15.2. The van der Waals surface area contributed by atoms with Gasteiger partial charge in [0.05, 0.1) is 10.6 Å². The summed E-state index contributed by atoms with van der Waals surface area (Å²) in [5, 5.41) is 3.15. The monoisotopic (exact) mass is 476 g/mol. The summed E-state index contributed by atoms with van der Waals surface area (Å²) in [6, 6.07) is 16.1. The predicted octanol–water partition coefficient (Wildman–Crippen LogP) is 5.38. The van der Waals surface area contributed by atoms with Crippen LogP contribution in [0.4, 0.5) is 15.8 Å². The fourth-order valence-corrected chi connectivity index (χ4v) is 4.16. The van der Waals surface area contributed by atoms with E-state index in [2.05, 4.69) is 10.0 Å².